The van der Waals surface area contributed by atoms with Gasteiger partial charge in [0.1, 0.15) is 12.0 Å². The van der Waals surface area contributed by atoms with Gasteiger partial charge in [0.25, 0.3) is 0 Å². The zero-order chi connectivity index (χ0) is 7.56. The molecule has 1 aromatic heterocycles. The molecule has 1 rings (SSSR count). The van der Waals surface area contributed by atoms with E-state index in [9.17, 15) is 4.39 Å². The summed E-state index contributed by atoms with van der Waals surface area (Å²) in [4.78, 5) is 7.62. The number of nitrogens with zero attached hydrogens (tertiary/aromatic N) is 2. The first-order valence-electron chi connectivity index (χ1n) is 3.05. The Morgan fingerprint density at radius 3 is 2.80 bits per heavy atom. The molecular formula is C7H8FN2. The number of alkyl halides is 1. The highest BCUT2D eigenvalue weighted by Gasteiger charge is 2.03. The largest absolute Gasteiger partial charge is 0.241 e. The molecule has 0 saturated heterocycles. The van der Waals surface area contributed by atoms with E-state index in [-0.39, 0.29) is 0 Å². The lowest BCUT2D eigenvalue weighted by Gasteiger charge is -1.98. The van der Waals surface area contributed by atoms with E-state index in [1.165, 1.54) is 13.1 Å². The number of aromatic nitrogens is 2. The van der Waals surface area contributed by atoms with Crippen LogP contribution in [0.25, 0.3) is 0 Å². The van der Waals surface area contributed by atoms with Gasteiger partial charge in [-0.3, -0.25) is 0 Å². The lowest BCUT2D eigenvalue weighted by Crippen LogP contribution is -1.94. The highest BCUT2D eigenvalue weighted by molar-refractivity contribution is 5.01. The molecule has 0 saturated carbocycles. The molecular weight excluding hydrogens is 131 g/mol. The number of hydrogen-bond acceptors (Lipinski definition) is 2. The summed E-state index contributed by atoms with van der Waals surface area (Å²) in [6, 6.07) is 2.61. The van der Waals surface area contributed by atoms with Crippen molar-refractivity contribution in [2.75, 3.05) is 0 Å². The molecule has 0 bridgehead atoms. The maximum Gasteiger partial charge on any atom is 0.140 e. The summed E-state index contributed by atoms with van der Waals surface area (Å²) in [5, 5.41) is 0. The van der Waals surface area contributed by atoms with E-state index < -0.39 is 6.17 Å². The SMILES string of the molecule is Cc1nc[c]c(C(C)F)n1. The van der Waals surface area contributed by atoms with E-state index >= 15 is 0 Å². The van der Waals surface area contributed by atoms with Crippen LogP contribution in [0.1, 0.15) is 24.6 Å². The minimum absolute atomic E-state index is 0.326. The monoisotopic (exact) mass is 139 g/mol. The number of hydrogen-bond donors (Lipinski definition) is 0. The molecule has 0 amide bonds. The van der Waals surface area contributed by atoms with E-state index in [1.54, 1.807) is 6.92 Å². The van der Waals surface area contributed by atoms with Crippen LogP contribution in [0, 0.1) is 13.0 Å². The van der Waals surface area contributed by atoms with Crippen LogP contribution >= 0.6 is 0 Å². The molecule has 1 radical (unpaired) electrons. The predicted octanol–water partition coefficient (Wildman–Crippen LogP) is 1.62. The van der Waals surface area contributed by atoms with Gasteiger partial charge in [0.2, 0.25) is 0 Å². The third kappa shape index (κ3) is 1.50. The molecule has 1 heterocycles. The molecule has 3 heteroatoms. The van der Waals surface area contributed by atoms with Gasteiger partial charge in [-0.15, -0.1) is 0 Å². The zero-order valence-corrected chi connectivity index (χ0v) is 5.93. The Labute approximate surface area is 59.1 Å². The second-order valence-electron chi connectivity index (χ2n) is 2.06. The molecule has 0 spiro atoms. The average Bonchev–Trinajstić information content (AvgIpc) is 1.88. The van der Waals surface area contributed by atoms with Crippen LogP contribution in [0.5, 0.6) is 0 Å². The molecule has 1 aromatic rings. The fourth-order valence-electron chi connectivity index (χ4n) is 0.631. The van der Waals surface area contributed by atoms with Gasteiger partial charge in [-0.05, 0) is 13.8 Å². The third-order valence-corrected chi connectivity index (χ3v) is 1.12. The lowest BCUT2D eigenvalue weighted by molar-refractivity contribution is 0.364. The maximum atomic E-state index is 12.5. The molecule has 53 valence electrons. The summed E-state index contributed by atoms with van der Waals surface area (Å²) in [7, 11) is 0. The average molecular weight is 139 g/mol. The van der Waals surface area contributed by atoms with Gasteiger partial charge in [-0.25, -0.2) is 14.4 Å². The summed E-state index contributed by atoms with van der Waals surface area (Å²) in [5.74, 6) is 0.582. The van der Waals surface area contributed by atoms with Crippen LogP contribution in [0.3, 0.4) is 0 Å². The number of rotatable bonds is 1. The Balaban J connectivity index is 2.96. The Hall–Kier alpha value is -0.990. The fraction of sp³-hybridized carbons (Fsp3) is 0.429. The summed E-state index contributed by atoms with van der Waals surface area (Å²) < 4.78 is 12.5. The van der Waals surface area contributed by atoms with Crippen LogP contribution < -0.4 is 0 Å². The van der Waals surface area contributed by atoms with E-state index in [0.29, 0.717) is 11.5 Å². The second-order valence-corrected chi connectivity index (χ2v) is 2.06. The van der Waals surface area contributed by atoms with E-state index in [2.05, 4.69) is 16.0 Å². The normalized spacial score (nSPS) is 13.1. The number of halogens is 1. The van der Waals surface area contributed by atoms with Crippen LogP contribution in [-0.4, -0.2) is 9.97 Å². The predicted molar refractivity (Wildman–Crippen MR) is 35.1 cm³/mol. The highest BCUT2D eigenvalue weighted by Crippen LogP contribution is 2.11. The number of aryl methyl sites for hydroxylation is 1. The molecule has 0 aliphatic carbocycles. The minimum Gasteiger partial charge on any atom is -0.241 e. The van der Waals surface area contributed by atoms with Crippen molar-refractivity contribution in [3.63, 3.8) is 0 Å². The lowest BCUT2D eigenvalue weighted by atomic mass is 10.3. The summed E-state index contributed by atoms with van der Waals surface area (Å²) in [5.41, 5.74) is 0.326. The highest BCUT2D eigenvalue weighted by atomic mass is 19.1. The minimum atomic E-state index is -1.05. The zero-order valence-electron chi connectivity index (χ0n) is 5.93. The molecule has 1 atom stereocenters. The van der Waals surface area contributed by atoms with Gasteiger partial charge < -0.3 is 0 Å². The first-order chi connectivity index (χ1) is 4.70. The quantitative estimate of drug-likeness (QED) is 0.590. The van der Waals surface area contributed by atoms with E-state index in [0.717, 1.165) is 0 Å². The van der Waals surface area contributed by atoms with Gasteiger partial charge in [-0.2, -0.15) is 0 Å². The third-order valence-electron chi connectivity index (χ3n) is 1.12. The van der Waals surface area contributed by atoms with Crippen molar-refractivity contribution in [3.05, 3.63) is 23.8 Å². The second kappa shape index (κ2) is 2.73. The maximum absolute atomic E-state index is 12.5. The van der Waals surface area contributed by atoms with Crippen LogP contribution in [0.2, 0.25) is 0 Å². The van der Waals surface area contributed by atoms with Crippen molar-refractivity contribution in [2.24, 2.45) is 0 Å². The first-order valence-corrected chi connectivity index (χ1v) is 3.05. The van der Waals surface area contributed by atoms with Crippen LogP contribution in [0.4, 0.5) is 4.39 Å². The topological polar surface area (TPSA) is 25.8 Å². The van der Waals surface area contributed by atoms with Crippen molar-refractivity contribution in [2.45, 2.75) is 20.0 Å². The molecule has 10 heavy (non-hydrogen) atoms. The summed E-state index contributed by atoms with van der Waals surface area (Å²) in [6.45, 7) is 3.15. The van der Waals surface area contributed by atoms with E-state index in [4.69, 9.17) is 0 Å². The van der Waals surface area contributed by atoms with Gasteiger partial charge in [-0.1, -0.05) is 0 Å². The molecule has 0 N–H and O–H groups in total. The van der Waals surface area contributed by atoms with Gasteiger partial charge in [0, 0.05) is 12.3 Å². The first kappa shape index (κ1) is 7.12. The molecule has 2 nitrogen and oxygen atoms in total. The van der Waals surface area contributed by atoms with Crippen molar-refractivity contribution < 1.29 is 4.39 Å². The molecule has 0 aromatic carbocycles. The van der Waals surface area contributed by atoms with E-state index in [1.807, 2.05) is 0 Å². The summed E-state index contributed by atoms with van der Waals surface area (Å²) >= 11 is 0. The van der Waals surface area contributed by atoms with Gasteiger partial charge >= 0.3 is 0 Å². The Kier molecular flexibility index (Phi) is 1.94. The van der Waals surface area contributed by atoms with Crippen molar-refractivity contribution in [3.8, 4) is 0 Å². The smallest absolute Gasteiger partial charge is 0.140 e. The van der Waals surface area contributed by atoms with Gasteiger partial charge in [0.15, 0.2) is 0 Å². The molecule has 1 unspecified atom stereocenters. The van der Waals surface area contributed by atoms with Crippen LogP contribution in [0.15, 0.2) is 6.20 Å². The molecule has 0 aliphatic heterocycles. The van der Waals surface area contributed by atoms with Crippen molar-refractivity contribution in [1.82, 2.24) is 9.97 Å². The van der Waals surface area contributed by atoms with Crippen LogP contribution in [-0.2, 0) is 0 Å². The molecule has 0 fully saturated rings. The molecule has 0 aliphatic rings. The Morgan fingerprint density at radius 1 is 1.70 bits per heavy atom. The van der Waals surface area contributed by atoms with Crippen molar-refractivity contribution >= 4 is 0 Å². The van der Waals surface area contributed by atoms with Gasteiger partial charge in [0.05, 0.1) is 5.69 Å². The Bertz CT molecular complexity index is 223. The van der Waals surface area contributed by atoms with Crippen molar-refractivity contribution in [1.29, 1.82) is 0 Å². The Morgan fingerprint density at radius 2 is 2.40 bits per heavy atom. The standard InChI is InChI=1S/C7H8FN2/c1-5(8)7-3-4-9-6(2)10-7/h4-5H,1-2H3. The summed E-state index contributed by atoms with van der Waals surface area (Å²) in [6.07, 6.45) is 0.384. The fourth-order valence-corrected chi connectivity index (χ4v) is 0.631.